The lowest BCUT2D eigenvalue weighted by molar-refractivity contribution is -0.140. The molecule has 1 aromatic rings. The van der Waals surface area contributed by atoms with Gasteiger partial charge in [-0.05, 0) is 19.3 Å². The Labute approximate surface area is 122 Å². The van der Waals surface area contributed by atoms with E-state index in [1.807, 2.05) is 13.8 Å². The highest BCUT2D eigenvalue weighted by Crippen LogP contribution is 2.20. The fourth-order valence-electron chi connectivity index (χ4n) is 1.64. The van der Waals surface area contributed by atoms with E-state index in [4.69, 9.17) is 5.11 Å². The number of hydrogen-bond acceptors (Lipinski definition) is 4. The Kier molecular flexibility index (Phi) is 5.94. The number of rotatable bonds is 6. The van der Waals surface area contributed by atoms with E-state index in [1.54, 1.807) is 31.4 Å². The molecule has 0 saturated heterocycles. The van der Waals surface area contributed by atoms with E-state index in [9.17, 15) is 9.59 Å². The third-order valence-corrected chi connectivity index (χ3v) is 4.18. The SMILES string of the molecule is CCc1cnc(C(C)NC(=O)N[C@@H](C(=O)O)C(C)C)s1. The Balaban J connectivity index is 2.59. The first-order valence-corrected chi connectivity index (χ1v) is 7.41. The minimum absolute atomic E-state index is 0.180. The van der Waals surface area contributed by atoms with Gasteiger partial charge >= 0.3 is 12.0 Å². The highest BCUT2D eigenvalue weighted by Gasteiger charge is 2.24. The Bertz CT molecular complexity index is 473. The van der Waals surface area contributed by atoms with Gasteiger partial charge in [0.15, 0.2) is 0 Å². The Morgan fingerprint density at radius 2 is 2.00 bits per heavy atom. The van der Waals surface area contributed by atoms with Crippen molar-refractivity contribution < 1.29 is 14.7 Å². The van der Waals surface area contributed by atoms with E-state index in [0.29, 0.717) is 0 Å². The zero-order chi connectivity index (χ0) is 15.3. The van der Waals surface area contributed by atoms with Gasteiger partial charge in [-0.3, -0.25) is 0 Å². The molecule has 0 spiro atoms. The van der Waals surface area contributed by atoms with Gasteiger partial charge in [-0.25, -0.2) is 14.6 Å². The van der Waals surface area contributed by atoms with Crippen LogP contribution in [0.1, 0.15) is 43.6 Å². The lowest BCUT2D eigenvalue weighted by atomic mass is 10.1. The first-order chi connectivity index (χ1) is 9.35. The fourth-order valence-corrected chi connectivity index (χ4v) is 2.50. The van der Waals surface area contributed by atoms with Crippen LogP contribution in [0.2, 0.25) is 0 Å². The molecular formula is C13H21N3O3S. The molecule has 0 fully saturated rings. The van der Waals surface area contributed by atoms with Crippen LogP contribution >= 0.6 is 11.3 Å². The lowest BCUT2D eigenvalue weighted by Crippen LogP contribution is -2.49. The summed E-state index contributed by atoms with van der Waals surface area (Å²) in [6.45, 7) is 7.36. The van der Waals surface area contributed by atoms with Gasteiger partial charge in [-0.2, -0.15) is 0 Å². The number of aryl methyl sites for hydroxylation is 1. The average Bonchev–Trinajstić information content (AvgIpc) is 2.83. The zero-order valence-corrected chi connectivity index (χ0v) is 13.0. The van der Waals surface area contributed by atoms with Gasteiger partial charge in [0.1, 0.15) is 11.0 Å². The Morgan fingerprint density at radius 1 is 1.35 bits per heavy atom. The number of urea groups is 1. The first-order valence-electron chi connectivity index (χ1n) is 6.59. The predicted octanol–water partition coefficient (Wildman–Crippen LogP) is 2.17. The largest absolute Gasteiger partial charge is 0.480 e. The summed E-state index contributed by atoms with van der Waals surface area (Å²) in [5.41, 5.74) is 0. The molecule has 0 radical (unpaired) electrons. The molecule has 6 nitrogen and oxygen atoms in total. The molecule has 1 unspecified atom stereocenters. The van der Waals surface area contributed by atoms with E-state index < -0.39 is 18.0 Å². The second-order valence-corrected chi connectivity index (χ2v) is 6.06. The van der Waals surface area contributed by atoms with E-state index in [0.717, 1.165) is 16.3 Å². The molecule has 0 bridgehead atoms. The molecule has 0 saturated carbocycles. The lowest BCUT2D eigenvalue weighted by Gasteiger charge is -2.19. The summed E-state index contributed by atoms with van der Waals surface area (Å²) < 4.78 is 0. The molecular weight excluding hydrogens is 278 g/mol. The molecule has 2 amide bonds. The minimum Gasteiger partial charge on any atom is -0.480 e. The zero-order valence-electron chi connectivity index (χ0n) is 12.1. The van der Waals surface area contributed by atoms with Crippen LogP contribution in [0.25, 0.3) is 0 Å². The van der Waals surface area contributed by atoms with Crippen LogP contribution in [-0.2, 0) is 11.2 Å². The quantitative estimate of drug-likeness (QED) is 0.750. The monoisotopic (exact) mass is 299 g/mol. The van der Waals surface area contributed by atoms with Gasteiger partial charge in [-0.1, -0.05) is 20.8 Å². The molecule has 0 aromatic carbocycles. The van der Waals surface area contributed by atoms with Crippen molar-refractivity contribution >= 4 is 23.3 Å². The number of carboxylic acid groups (broad SMARTS) is 1. The second kappa shape index (κ2) is 7.23. The van der Waals surface area contributed by atoms with Gasteiger partial charge in [0.25, 0.3) is 0 Å². The molecule has 1 aromatic heterocycles. The normalized spacial score (nSPS) is 13.8. The summed E-state index contributed by atoms with van der Waals surface area (Å²) in [5.74, 6) is -1.22. The van der Waals surface area contributed by atoms with Crippen molar-refractivity contribution in [3.63, 3.8) is 0 Å². The molecule has 0 aliphatic heterocycles. The van der Waals surface area contributed by atoms with Gasteiger partial charge in [0.2, 0.25) is 0 Å². The number of aliphatic carboxylic acids is 1. The number of carboxylic acids is 1. The van der Waals surface area contributed by atoms with Gasteiger partial charge in [-0.15, -0.1) is 11.3 Å². The highest BCUT2D eigenvalue weighted by atomic mass is 32.1. The summed E-state index contributed by atoms with van der Waals surface area (Å²) in [6, 6.07) is -1.64. The van der Waals surface area contributed by atoms with Gasteiger partial charge in [0.05, 0.1) is 6.04 Å². The molecule has 112 valence electrons. The van der Waals surface area contributed by atoms with Crippen LogP contribution in [0.15, 0.2) is 6.20 Å². The summed E-state index contributed by atoms with van der Waals surface area (Å²) in [7, 11) is 0. The molecule has 7 heteroatoms. The van der Waals surface area contributed by atoms with Crippen LogP contribution in [0.5, 0.6) is 0 Å². The maximum atomic E-state index is 11.8. The Hall–Kier alpha value is -1.63. The molecule has 20 heavy (non-hydrogen) atoms. The van der Waals surface area contributed by atoms with Crippen molar-refractivity contribution in [2.24, 2.45) is 5.92 Å². The number of hydrogen-bond donors (Lipinski definition) is 3. The molecule has 0 aliphatic rings. The third kappa shape index (κ3) is 4.48. The molecule has 1 heterocycles. The number of nitrogens with zero attached hydrogens (tertiary/aromatic N) is 1. The van der Waals surface area contributed by atoms with Crippen LogP contribution in [0, 0.1) is 5.92 Å². The fraction of sp³-hybridized carbons (Fsp3) is 0.615. The third-order valence-electron chi connectivity index (χ3n) is 2.86. The van der Waals surface area contributed by atoms with Crippen molar-refractivity contribution in [3.8, 4) is 0 Å². The first kappa shape index (κ1) is 16.4. The van der Waals surface area contributed by atoms with E-state index >= 15 is 0 Å². The van der Waals surface area contributed by atoms with Crippen LogP contribution in [0.3, 0.4) is 0 Å². The number of carbonyl (C=O) groups is 2. The summed E-state index contributed by atoms with van der Waals surface area (Å²) >= 11 is 1.54. The minimum atomic E-state index is -1.04. The highest BCUT2D eigenvalue weighted by molar-refractivity contribution is 7.11. The maximum absolute atomic E-state index is 11.8. The van der Waals surface area contributed by atoms with E-state index in [2.05, 4.69) is 15.6 Å². The van der Waals surface area contributed by atoms with Crippen molar-refractivity contribution in [2.75, 3.05) is 0 Å². The number of nitrogens with one attached hydrogen (secondary N) is 2. The van der Waals surface area contributed by atoms with Crippen molar-refractivity contribution in [1.29, 1.82) is 0 Å². The van der Waals surface area contributed by atoms with Crippen LogP contribution < -0.4 is 10.6 Å². The van der Waals surface area contributed by atoms with Gasteiger partial charge < -0.3 is 15.7 Å². The standard InChI is InChI=1S/C13H21N3O3S/c1-5-9-6-14-11(20-9)8(4)15-13(19)16-10(7(2)3)12(17)18/h6-8,10H,5H2,1-4H3,(H,17,18)(H2,15,16,19)/t8?,10-/m1/s1. The Morgan fingerprint density at radius 3 is 2.45 bits per heavy atom. The molecule has 2 atom stereocenters. The summed E-state index contributed by atoms with van der Waals surface area (Å²) in [5, 5.41) is 15.0. The number of amides is 2. The average molecular weight is 299 g/mol. The molecule has 1 rings (SSSR count). The topological polar surface area (TPSA) is 91.3 Å². The maximum Gasteiger partial charge on any atom is 0.326 e. The van der Waals surface area contributed by atoms with Gasteiger partial charge in [0, 0.05) is 11.1 Å². The van der Waals surface area contributed by atoms with Crippen LogP contribution in [0.4, 0.5) is 4.79 Å². The molecule has 3 N–H and O–H groups in total. The van der Waals surface area contributed by atoms with Crippen LogP contribution in [-0.4, -0.2) is 28.1 Å². The van der Waals surface area contributed by atoms with Crippen molar-refractivity contribution in [3.05, 3.63) is 16.1 Å². The number of thiazole rings is 1. The number of carbonyl (C=O) groups excluding carboxylic acids is 1. The van der Waals surface area contributed by atoms with Crippen molar-refractivity contribution in [1.82, 2.24) is 15.6 Å². The summed E-state index contributed by atoms with van der Waals surface area (Å²) in [4.78, 5) is 28.2. The van der Waals surface area contributed by atoms with Crippen molar-refractivity contribution in [2.45, 2.75) is 46.2 Å². The second-order valence-electron chi connectivity index (χ2n) is 4.92. The smallest absolute Gasteiger partial charge is 0.326 e. The summed E-state index contributed by atoms with van der Waals surface area (Å²) in [6.07, 6.45) is 2.70. The van der Waals surface area contributed by atoms with E-state index in [-0.39, 0.29) is 12.0 Å². The predicted molar refractivity (Wildman–Crippen MR) is 77.8 cm³/mol. The number of aromatic nitrogens is 1. The molecule has 0 aliphatic carbocycles. The van der Waals surface area contributed by atoms with E-state index in [1.165, 1.54) is 0 Å².